The van der Waals surface area contributed by atoms with Crippen molar-refractivity contribution in [1.29, 1.82) is 0 Å². The van der Waals surface area contributed by atoms with Gasteiger partial charge in [0.05, 0.1) is 6.54 Å². The number of halogens is 1. The summed E-state index contributed by atoms with van der Waals surface area (Å²) in [6.45, 7) is 2.23. The lowest BCUT2D eigenvalue weighted by molar-refractivity contribution is -0.133. The summed E-state index contributed by atoms with van der Waals surface area (Å²) in [5.41, 5.74) is 0. The van der Waals surface area contributed by atoms with E-state index in [9.17, 15) is 4.79 Å². The number of nitrogens with one attached hydrogen (secondary N) is 1. The second-order valence-electron chi connectivity index (χ2n) is 3.18. The van der Waals surface area contributed by atoms with Crippen molar-refractivity contribution in [3.63, 3.8) is 0 Å². The first-order chi connectivity index (χ1) is 6.65. The van der Waals surface area contributed by atoms with E-state index in [-0.39, 0.29) is 11.8 Å². The van der Waals surface area contributed by atoms with Crippen molar-refractivity contribution in [2.45, 2.75) is 13.5 Å². The van der Waals surface area contributed by atoms with Crippen LogP contribution in [0.15, 0.2) is 6.33 Å². The van der Waals surface area contributed by atoms with Crippen LogP contribution < -0.4 is 0 Å². The monoisotopic (exact) mass is 216 g/mol. The Hall–Kier alpha value is -1.10. The van der Waals surface area contributed by atoms with E-state index in [4.69, 9.17) is 11.6 Å². The summed E-state index contributed by atoms with van der Waals surface area (Å²) in [6, 6.07) is 0. The maximum Gasteiger partial charge on any atom is 0.226 e. The van der Waals surface area contributed by atoms with Crippen molar-refractivity contribution in [3.8, 4) is 0 Å². The molecular weight excluding hydrogens is 204 g/mol. The first-order valence-electron chi connectivity index (χ1n) is 4.30. The molecule has 0 radical (unpaired) electrons. The molecule has 6 heteroatoms. The zero-order valence-corrected chi connectivity index (χ0v) is 8.95. The minimum Gasteiger partial charge on any atom is -0.338 e. The maximum absolute atomic E-state index is 11.6. The molecule has 0 aliphatic rings. The van der Waals surface area contributed by atoms with Gasteiger partial charge in [0.25, 0.3) is 0 Å². The van der Waals surface area contributed by atoms with Gasteiger partial charge in [-0.25, -0.2) is 4.98 Å². The van der Waals surface area contributed by atoms with Crippen molar-refractivity contribution in [2.24, 2.45) is 5.92 Å². The minimum atomic E-state index is -0.162. The molecule has 0 bridgehead atoms. The van der Waals surface area contributed by atoms with Crippen LogP contribution in [0.5, 0.6) is 0 Å². The number of hydrogen-bond donors (Lipinski definition) is 1. The largest absolute Gasteiger partial charge is 0.338 e. The number of H-pyrrole nitrogens is 1. The highest BCUT2D eigenvalue weighted by Crippen LogP contribution is 2.05. The summed E-state index contributed by atoms with van der Waals surface area (Å²) < 4.78 is 0. The fraction of sp³-hybridized carbons (Fsp3) is 0.625. The molecule has 1 amide bonds. The number of hydrogen-bond acceptors (Lipinski definition) is 3. The molecule has 0 fully saturated rings. The predicted molar refractivity (Wildman–Crippen MR) is 52.7 cm³/mol. The van der Waals surface area contributed by atoms with Gasteiger partial charge in [-0.3, -0.25) is 9.89 Å². The van der Waals surface area contributed by atoms with Crippen LogP contribution in [0, 0.1) is 5.92 Å². The number of aromatic nitrogens is 3. The maximum atomic E-state index is 11.6. The summed E-state index contributed by atoms with van der Waals surface area (Å²) in [5.74, 6) is 0.850. The third kappa shape index (κ3) is 2.70. The fourth-order valence-electron chi connectivity index (χ4n) is 1.05. The Morgan fingerprint density at radius 3 is 3.00 bits per heavy atom. The van der Waals surface area contributed by atoms with Gasteiger partial charge in [-0.05, 0) is 0 Å². The topological polar surface area (TPSA) is 61.9 Å². The van der Waals surface area contributed by atoms with Crippen molar-refractivity contribution >= 4 is 17.5 Å². The molecular formula is C8H13ClN4O. The van der Waals surface area contributed by atoms with Crippen LogP contribution >= 0.6 is 11.6 Å². The van der Waals surface area contributed by atoms with Gasteiger partial charge in [-0.2, -0.15) is 5.10 Å². The molecule has 0 aliphatic carbocycles. The molecule has 0 saturated heterocycles. The number of carbonyl (C=O) groups is 1. The number of alkyl halides is 1. The molecule has 0 aliphatic heterocycles. The molecule has 5 nitrogen and oxygen atoms in total. The van der Waals surface area contributed by atoms with E-state index < -0.39 is 0 Å². The van der Waals surface area contributed by atoms with Gasteiger partial charge in [0.2, 0.25) is 5.91 Å². The Kier molecular flexibility index (Phi) is 3.88. The standard InChI is InChI=1S/C8H13ClN4O/c1-6(3-9)8(14)13(2)4-7-10-5-11-12-7/h5-6H,3-4H2,1-2H3,(H,10,11,12). The van der Waals surface area contributed by atoms with E-state index in [2.05, 4.69) is 15.2 Å². The molecule has 1 aromatic heterocycles. The van der Waals surface area contributed by atoms with Gasteiger partial charge in [0.15, 0.2) is 0 Å². The lowest BCUT2D eigenvalue weighted by Crippen LogP contribution is -2.32. The van der Waals surface area contributed by atoms with E-state index >= 15 is 0 Å². The zero-order valence-electron chi connectivity index (χ0n) is 8.20. The first kappa shape index (κ1) is 11.0. The van der Waals surface area contributed by atoms with Crippen LogP contribution in [0.25, 0.3) is 0 Å². The van der Waals surface area contributed by atoms with Crippen LogP contribution in [0.1, 0.15) is 12.7 Å². The van der Waals surface area contributed by atoms with Crippen LogP contribution in [0.2, 0.25) is 0 Å². The minimum absolute atomic E-state index is 0.0106. The van der Waals surface area contributed by atoms with E-state index in [1.165, 1.54) is 6.33 Å². The van der Waals surface area contributed by atoms with Crippen LogP contribution in [0.3, 0.4) is 0 Å². The quantitative estimate of drug-likeness (QED) is 0.752. The van der Waals surface area contributed by atoms with Crippen molar-refractivity contribution in [3.05, 3.63) is 12.2 Å². The second-order valence-corrected chi connectivity index (χ2v) is 3.49. The molecule has 1 heterocycles. The highest BCUT2D eigenvalue weighted by molar-refractivity contribution is 6.19. The summed E-state index contributed by atoms with van der Waals surface area (Å²) in [4.78, 5) is 17.1. The molecule has 1 atom stereocenters. The van der Waals surface area contributed by atoms with Gasteiger partial charge < -0.3 is 4.90 Å². The van der Waals surface area contributed by atoms with Crippen LogP contribution in [-0.4, -0.2) is 38.9 Å². The van der Waals surface area contributed by atoms with Gasteiger partial charge in [0, 0.05) is 18.8 Å². The smallest absolute Gasteiger partial charge is 0.226 e. The molecule has 1 N–H and O–H groups in total. The normalized spacial score (nSPS) is 12.5. The Morgan fingerprint density at radius 1 is 1.79 bits per heavy atom. The summed E-state index contributed by atoms with van der Waals surface area (Å²) in [5, 5.41) is 6.39. The SMILES string of the molecule is CC(CCl)C(=O)N(C)Cc1ncn[nH]1. The van der Waals surface area contributed by atoms with Gasteiger partial charge in [-0.1, -0.05) is 6.92 Å². The highest BCUT2D eigenvalue weighted by atomic mass is 35.5. The summed E-state index contributed by atoms with van der Waals surface area (Å²) >= 11 is 5.59. The van der Waals surface area contributed by atoms with Gasteiger partial charge in [0.1, 0.15) is 12.2 Å². The lowest BCUT2D eigenvalue weighted by atomic mass is 10.2. The number of rotatable bonds is 4. The van der Waals surface area contributed by atoms with Crippen molar-refractivity contribution < 1.29 is 4.79 Å². The zero-order chi connectivity index (χ0) is 10.6. The average Bonchev–Trinajstić information content (AvgIpc) is 2.68. The highest BCUT2D eigenvalue weighted by Gasteiger charge is 2.17. The third-order valence-electron chi connectivity index (χ3n) is 1.88. The van der Waals surface area contributed by atoms with Crippen molar-refractivity contribution in [2.75, 3.05) is 12.9 Å². The molecule has 78 valence electrons. The molecule has 0 aromatic carbocycles. The van der Waals surface area contributed by atoms with Crippen molar-refractivity contribution in [1.82, 2.24) is 20.1 Å². The Morgan fingerprint density at radius 2 is 2.50 bits per heavy atom. The molecule has 1 rings (SSSR count). The Balaban J connectivity index is 2.50. The fourth-order valence-corrected chi connectivity index (χ4v) is 1.18. The summed E-state index contributed by atoms with van der Waals surface area (Å²) in [6.07, 6.45) is 1.42. The van der Waals surface area contributed by atoms with E-state index in [1.54, 1.807) is 18.9 Å². The average molecular weight is 217 g/mol. The molecule has 14 heavy (non-hydrogen) atoms. The Labute approximate surface area is 87.5 Å². The molecule has 0 saturated carbocycles. The summed E-state index contributed by atoms with van der Waals surface area (Å²) in [7, 11) is 1.72. The number of carbonyl (C=O) groups excluding carboxylic acids is 1. The predicted octanol–water partition coefficient (Wildman–Crippen LogP) is 0.638. The number of nitrogens with zero attached hydrogens (tertiary/aromatic N) is 3. The third-order valence-corrected chi connectivity index (χ3v) is 2.34. The van der Waals surface area contributed by atoms with Crippen LogP contribution in [-0.2, 0) is 11.3 Å². The van der Waals surface area contributed by atoms with Crippen LogP contribution in [0.4, 0.5) is 0 Å². The lowest BCUT2D eigenvalue weighted by Gasteiger charge is -2.18. The van der Waals surface area contributed by atoms with Gasteiger partial charge >= 0.3 is 0 Å². The van der Waals surface area contributed by atoms with Gasteiger partial charge in [-0.15, -0.1) is 11.6 Å². The second kappa shape index (κ2) is 4.95. The first-order valence-corrected chi connectivity index (χ1v) is 4.83. The van der Waals surface area contributed by atoms with E-state index in [1.807, 2.05) is 0 Å². The van der Waals surface area contributed by atoms with E-state index in [0.717, 1.165) is 0 Å². The Bertz CT molecular complexity index is 288. The molecule has 1 unspecified atom stereocenters. The molecule has 0 spiro atoms. The molecule has 1 aromatic rings. The number of amides is 1. The number of aromatic amines is 1. The van der Waals surface area contributed by atoms with E-state index in [0.29, 0.717) is 18.2 Å².